The number of hydrogen-bond acceptors (Lipinski definition) is 3. The van der Waals surface area contributed by atoms with E-state index in [0.29, 0.717) is 18.6 Å². The number of Topliss-reactive ketones (excluding diaryl/α,β-unsaturated/α-hetero) is 1. The molecule has 0 aliphatic heterocycles. The monoisotopic (exact) mass is 226 g/mol. The number of halogens is 1. The van der Waals surface area contributed by atoms with Gasteiger partial charge in [-0.15, -0.1) is 0 Å². The van der Waals surface area contributed by atoms with Crippen molar-refractivity contribution in [3.63, 3.8) is 0 Å². The summed E-state index contributed by atoms with van der Waals surface area (Å²) < 4.78 is 5.21. The minimum absolute atomic E-state index is 0.231. The molecule has 1 aromatic rings. The average molecular weight is 227 g/mol. The van der Waals surface area contributed by atoms with E-state index in [2.05, 4.69) is 0 Å². The molecule has 15 heavy (non-hydrogen) atoms. The van der Waals surface area contributed by atoms with Gasteiger partial charge >= 0.3 is 0 Å². The Kier molecular flexibility index (Phi) is 3.86. The molecule has 1 rings (SSSR count). The average Bonchev–Trinajstić information content (AvgIpc) is 2.16. The first-order valence-electron chi connectivity index (χ1n) is 4.52. The SMILES string of the molecule is CCOc1cc(Cl)c(C(C)=O)c(C=O)c1. The summed E-state index contributed by atoms with van der Waals surface area (Å²) in [4.78, 5) is 22.0. The molecule has 0 heterocycles. The molecule has 1 aromatic carbocycles. The topological polar surface area (TPSA) is 43.4 Å². The largest absolute Gasteiger partial charge is 0.494 e. The quantitative estimate of drug-likeness (QED) is 0.586. The second-order valence-corrected chi connectivity index (χ2v) is 3.38. The maximum atomic E-state index is 11.2. The Morgan fingerprint density at radius 2 is 2.20 bits per heavy atom. The molecule has 0 amide bonds. The van der Waals surface area contributed by atoms with Crippen LogP contribution in [0.1, 0.15) is 34.6 Å². The fraction of sp³-hybridized carbons (Fsp3) is 0.273. The van der Waals surface area contributed by atoms with Crippen LogP contribution in [-0.2, 0) is 0 Å². The van der Waals surface area contributed by atoms with Crippen molar-refractivity contribution in [1.29, 1.82) is 0 Å². The van der Waals surface area contributed by atoms with Gasteiger partial charge in [0, 0.05) is 11.1 Å². The van der Waals surface area contributed by atoms with Gasteiger partial charge in [0.15, 0.2) is 12.1 Å². The van der Waals surface area contributed by atoms with E-state index in [1.807, 2.05) is 6.92 Å². The number of ether oxygens (including phenoxy) is 1. The predicted octanol–water partition coefficient (Wildman–Crippen LogP) is 2.75. The van der Waals surface area contributed by atoms with E-state index in [-0.39, 0.29) is 21.9 Å². The molecule has 4 heteroatoms. The second kappa shape index (κ2) is 4.94. The Bertz CT molecular complexity index is 399. The van der Waals surface area contributed by atoms with Gasteiger partial charge in [-0.25, -0.2) is 0 Å². The Labute approximate surface area is 93.0 Å². The van der Waals surface area contributed by atoms with Crippen LogP contribution in [0, 0.1) is 0 Å². The summed E-state index contributed by atoms with van der Waals surface area (Å²) in [5.74, 6) is 0.264. The molecule has 3 nitrogen and oxygen atoms in total. The van der Waals surface area contributed by atoms with Crippen LogP contribution < -0.4 is 4.74 Å². The van der Waals surface area contributed by atoms with Gasteiger partial charge in [-0.3, -0.25) is 9.59 Å². The number of benzene rings is 1. The molecule has 80 valence electrons. The van der Waals surface area contributed by atoms with Crippen LogP contribution in [0.15, 0.2) is 12.1 Å². The van der Waals surface area contributed by atoms with Gasteiger partial charge < -0.3 is 4.74 Å². The zero-order valence-electron chi connectivity index (χ0n) is 8.54. The Morgan fingerprint density at radius 3 is 2.67 bits per heavy atom. The zero-order chi connectivity index (χ0) is 11.4. The normalized spacial score (nSPS) is 9.80. The highest BCUT2D eigenvalue weighted by Gasteiger charge is 2.13. The van der Waals surface area contributed by atoms with Crippen molar-refractivity contribution in [2.45, 2.75) is 13.8 Å². The molecule has 0 saturated heterocycles. The van der Waals surface area contributed by atoms with E-state index in [1.54, 1.807) is 0 Å². The maximum Gasteiger partial charge on any atom is 0.162 e. The minimum Gasteiger partial charge on any atom is -0.494 e. The van der Waals surface area contributed by atoms with Crippen LogP contribution in [-0.4, -0.2) is 18.7 Å². The lowest BCUT2D eigenvalue weighted by molar-refractivity contribution is 0.101. The summed E-state index contributed by atoms with van der Waals surface area (Å²) in [6, 6.07) is 3.05. The molecular formula is C11H11ClO3. The summed E-state index contributed by atoms with van der Waals surface area (Å²) in [6.45, 7) is 3.68. The first kappa shape index (κ1) is 11.7. The van der Waals surface area contributed by atoms with Gasteiger partial charge in [-0.1, -0.05) is 11.6 Å². The van der Waals surface area contributed by atoms with Crippen LogP contribution in [0.4, 0.5) is 0 Å². The summed E-state index contributed by atoms with van der Waals surface area (Å²) in [5.41, 5.74) is 0.508. The lowest BCUT2D eigenvalue weighted by Crippen LogP contribution is -2.02. The number of carbonyl (C=O) groups excluding carboxylic acids is 2. The molecule has 0 atom stereocenters. The third kappa shape index (κ3) is 2.57. The molecule has 0 unspecified atom stereocenters. The third-order valence-electron chi connectivity index (χ3n) is 1.88. The Balaban J connectivity index is 3.30. The van der Waals surface area contributed by atoms with Crippen molar-refractivity contribution < 1.29 is 14.3 Å². The molecule has 0 spiro atoms. The van der Waals surface area contributed by atoms with Crippen molar-refractivity contribution in [3.8, 4) is 5.75 Å². The number of carbonyl (C=O) groups is 2. The fourth-order valence-electron chi connectivity index (χ4n) is 1.32. The number of aldehydes is 1. The van der Waals surface area contributed by atoms with Crippen LogP contribution in [0.2, 0.25) is 5.02 Å². The van der Waals surface area contributed by atoms with E-state index in [4.69, 9.17) is 16.3 Å². The predicted molar refractivity (Wildman–Crippen MR) is 58.0 cm³/mol. The van der Waals surface area contributed by atoms with Crippen LogP contribution in [0.3, 0.4) is 0 Å². The van der Waals surface area contributed by atoms with E-state index in [0.717, 1.165) is 0 Å². The molecule has 0 bridgehead atoms. The smallest absolute Gasteiger partial charge is 0.162 e. The summed E-state index contributed by atoms with van der Waals surface area (Å²) in [5, 5.41) is 0.246. The first-order valence-corrected chi connectivity index (χ1v) is 4.90. The van der Waals surface area contributed by atoms with Gasteiger partial charge in [0.2, 0.25) is 0 Å². The van der Waals surface area contributed by atoms with E-state index >= 15 is 0 Å². The molecule has 0 N–H and O–H groups in total. The van der Waals surface area contributed by atoms with Crippen LogP contribution in [0.5, 0.6) is 5.75 Å². The summed E-state index contributed by atoms with van der Waals surface area (Å²) in [6.07, 6.45) is 0.602. The van der Waals surface area contributed by atoms with Crippen molar-refractivity contribution in [2.24, 2.45) is 0 Å². The van der Waals surface area contributed by atoms with Gasteiger partial charge in [0.25, 0.3) is 0 Å². The zero-order valence-corrected chi connectivity index (χ0v) is 9.30. The maximum absolute atomic E-state index is 11.2. The Morgan fingerprint density at radius 1 is 1.53 bits per heavy atom. The molecule has 0 aliphatic carbocycles. The summed E-state index contributed by atoms with van der Waals surface area (Å²) >= 11 is 5.88. The Hall–Kier alpha value is -1.35. The lowest BCUT2D eigenvalue weighted by Gasteiger charge is -2.08. The van der Waals surface area contributed by atoms with Crippen LogP contribution in [0.25, 0.3) is 0 Å². The number of ketones is 1. The van der Waals surface area contributed by atoms with Crippen molar-refractivity contribution >= 4 is 23.7 Å². The highest BCUT2D eigenvalue weighted by atomic mass is 35.5. The van der Waals surface area contributed by atoms with Gasteiger partial charge in [0.1, 0.15) is 5.75 Å². The van der Waals surface area contributed by atoms with Crippen molar-refractivity contribution in [3.05, 3.63) is 28.3 Å². The van der Waals surface area contributed by atoms with Crippen LogP contribution >= 0.6 is 11.6 Å². The first-order chi connectivity index (χ1) is 7.10. The van der Waals surface area contributed by atoms with Crippen molar-refractivity contribution in [1.82, 2.24) is 0 Å². The molecule has 0 radical (unpaired) electrons. The van der Waals surface area contributed by atoms with Gasteiger partial charge in [-0.05, 0) is 26.0 Å². The van der Waals surface area contributed by atoms with Gasteiger partial charge in [0.05, 0.1) is 11.6 Å². The lowest BCUT2D eigenvalue weighted by atomic mass is 10.0. The molecule has 0 fully saturated rings. The number of rotatable bonds is 4. The summed E-state index contributed by atoms with van der Waals surface area (Å²) in [7, 11) is 0. The highest BCUT2D eigenvalue weighted by Crippen LogP contribution is 2.26. The molecular weight excluding hydrogens is 216 g/mol. The second-order valence-electron chi connectivity index (χ2n) is 2.98. The molecule has 0 saturated carbocycles. The molecule has 0 aliphatic rings. The van der Waals surface area contributed by atoms with E-state index in [1.165, 1.54) is 19.1 Å². The molecule has 0 aromatic heterocycles. The minimum atomic E-state index is -0.231. The highest BCUT2D eigenvalue weighted by molar-refractivity contribution is 6.34. The fourth-order valence-corrected chi connectivity index (χ4v) is 1.67. The standard InChI is InChI=1S/C11H11ClO3/c1-3-15-9-4-8(6-13)11(7(2)14)10(12)5-9/h4-6H,3H2,1-2H3. The number of hydrogen-bond donors (Lipinski definition) is 0. The van der Waals surface area contributed by atoms with E-state index < -0.39 is 0 Å². The van der Waals surface area contributed by atoms with Crippen molar-refractivity contribution in [2.75, 3.05) is 6.61 Å². The van der Waals surface area contributed by atoms with Gasteiger partial charge in [-0.2, -0.15) is 0 Å². The van der Waals surface area contributed by atoms with E-state index in [9.17, 15) is 9.59 Å². The third-order valence-corrected chi connectivity index (χ3v) is 2.18.